The van der Waals surface area contributed by atoms with E-state index in [1.54, 1.807) is 44.6 Å². The van der Waals surface area contributed by atoms with Crippen molar-refractivity contribution in [3.8, 4) is 11.5 Å². The van der Waals surface area contributed by atoms with Gasteiger partial charge in [-0.25, -0.2) is 5.43 Å². The molecular formula is C16H15BrN2O3. The molecule has 22 heavy (non-hydrogen) atoms. The van der Waals surface area contributed by atoms with Crippen LogP contribution in [0.1, 0.15) is 15.9 Å². The zero-order valence-electron chi connectivity index (χ0n) is 12.2. The fraction of sp³-hybridized carbons (Fsp3) is 0.125. The van der Waals surface area contributed by atoms with Crippen LogP contribution in [0.5, 0.6) is 11.5 Å². The van der Waals surface area contributed by atoms with Crippen LogP contribution in [0, 0.1) is 0 Å². The summed E-state index contributed by atoms with van der Waals surface area (Å²) in [5, 5.41) is 3.95. The molecule has 0 aromatic heterocycles. The largest absolute Gasteiger partial charge is 0.493 e. The third kappa shape index (κ3) is 3.85. The standard InChI is InChI=1S/C16H15BrN2O3/c1-21-14-5-3-4-12(15(14)22-2)10-18-19-16(20)11-6-8-13(17)9-7-11/h3-10H,1-2H3,(H,19,20)/b18-10-. The summed E-state index contributed by atoms with van der Waals surface area (Å²) in [6.45, 7) is 0. The number of hydrogen-bond acceptors (Lipinski definition) is 4. The number of rotatable bonds is 5. The van der Waals surface area contributed by atoms with E-state index in [4.69, 9.17) is 9.47 Å². The Morgan fingerprint density at radius 1 is 1.14 bits per heavy atom. The lowest BCUT2D eigenvalue weighted by Crippen LogP contribution is -2.17. The second-order valence-electron chi connectivity index (χ2n) is 4.29. The van der Waals surface area contributed by atoms with E-state index in [0.29, 0.717) is 22.6 Å². The molecule has 0 fully saturated rings. The Hall–Kier alpha value is -2.34. The van der Waals surface area contributed by atoms with E-state index in [2.05, 4.69) is 26.5 Å². The van der Waals surface area contributed by atoms with Crippen molar-refractivity contribution in [3.63, 3.8) is 0 Å². The van der Waals surface area contributed by atoms with Crippen LogP contribution in [-0.4, -0.2) is 26.3 Å². The fourth-order valence-electron chi connectivity index (χ4n) is 1.84. The highest BCUT2D eigenvalue weighted by molar-refractivity contribution is 9.10. The molecule has 0 atom stereocenters. The molecule has 2 aromatic carbocycles. The SMILES string of the molecule is COc1cccc(/C=N\NC(=O)c2ccc(Br)cc2)c1OC. The maximum absolute atomic E-state index is 11.9. The number of hydrazone groups is 1. The van der Waals surface area contributed by atoms with Gasteiger partial charge in [0.2, 0.25) is 0 Å². The first-order valence-corrected chi connectivity index (χ1v) is 7.25. The average molecular weight is 363 g/mol. The molecule has 114 valence electrons. The summed E-state index contributed by atoms with van der Waals surface area (Å²) < 4.78 is 11.4. The minimum absolute atomic E-state index is 0.286. The molecule has 6 heteroatoms. The third-order valence-corrected chi connectivity index (χ3v) is 3.44. The minimum Gasteiger partial charge on any atom is -0.493 e. The number of methoxy groups -OCH3 is 2. The van der Waals surface area contributed by atoms with E-state index < -0.39 is 0 Å². The molecule has 2 rings (SSSR count). The van der Waals surface area contributed by atoms with Gasteiger partial charge in [0, 0.05) is 15.6 Å². The first-order valence-electron chi connectivity index (χ1n) is 6.45. The van der Waals surface area contributed by atoms with Gasteiger partial charge >= 0.3 is 0 Å². The maximum Gasteiger partial charge on any atom is 0.271 e. The van der Waals surface area contributed by atoms with Crippen molar-refractivity contribution < 1.29 is 14.3 Å². The van der Waals surface area contributed by atoms with Crippen LogP contribution in [0.25, 0.3) is 0 Å². The van der Waals surface area contributed by atoms with Gasteiger partial charge in [-0.3, -0.25) is 4.79 Å². The van der Waals surface area contributed by atoms with E-state index in [1.807, 2.05) is 12.1 Å². The Bertz CT molecular complexity index is 684. The number of halogens is 1. The Morgan fingerprint density at radius 3 is 2.50 bits per heavy atom. The molecule has 0 spiro atoms. The number of benzene rings is 2. The lowest BCUT2D eigenvalue weighted by molar-refractivity contribution is 0.0955. The predicted octanol–water partition coefficient (Wildman–Crippen LogP) is 3.23. The quantitative estimate of drug-likeness (QED) is 0.656. The number of ether oxygens (including phenoxy) is 2. The van der Waals surface area contributed by atoms with Gasteiger partial charge in [-0.05, 0) is 36.4 Å². The molecule has 0 aliphatic carbocycles. The number of nitrogens with zero attached hydrogens (tertiary/aromatic N) is 1. The second kappa shape index (κ2) is 7.61. The molecule has 5 nitrogen and oxygen atoms in total. The number of carbonyl (C=O) groups excluding carboxylic acids is 1. The smallest absolute Gasteiger partial charge is 0.271 e. The summed E-state index contributed by atoms with van der Waals surface area (Å²) in [5.41, 5.74) is 3.71. The highest BCUT2D eigenvalue weighted by atomic mass is 79.9. The summed E-state index contributed by atoms with van der Waals surface area (Å²) in [7, 11) is 3.11. The molecule has 0 aliphatic heterocycles. The Morgan fingerprint density at radius 2 is 1.86 bits per heavy atom. The first-order chi connectivity index (χ1) is 10.7. The van der Waals surface area contributed by atoms with Crippen LogP contribution in [0.3, 0.4) is 0 Å². The lowest BCUT2D eigenvalue weighted by Gasteiger charge is -2.09. The normalized spacial score (nSPS) is 10.5. The van der Waals surface area contributed by atoms with E-state index in [1.165, 1.54) is 6.21 Å². The van der Waals surface area contributed by atoms with Crippen LogP contribution in [0.15, 0.2) is 52.0 Å². The van der Waals surface area contributed by atoms with Gasteiger partial charge in [-0.1, -0.05) is 22.0 Å². The Balaban J connectivity index is 2.09. The fourth-order valence-corrected chi connectivity index (χ4v) is 2.10. The number of carbonyl (C=O) groups is 1. The summed E-state index contributed by atoms with van der Waals surface area (Å²) >= 11 is 3.32. The van der Waals surface area contributed by atoms with Gasteiger partial charge in [-0.15, -0.1) is 0 Å². The van der Waals surface area contributed by atoms with Crippen molar-refractivity contribution in [1.82, 2.24) is 5.43 Å². The number of nitrogens with one attached hydrogen (secondary N) is 1. The van der Waals surface area contributed by atoms with Crippen molar-refractivity contribution in [2.75, 3.05) is 14.2 Å². The molecule has 0 radical (unpaired) electrons. The predicted molar refractivity (Wildman–Crippen MR) is 88.7 cm³/mol. The van der Waals surface area contributed by atoms with Gasteiger partial charge in [0.25, 0.3) is 5.91 Å². The summed E-state index contributed by atoms with van der Waals surface area (Å²) in [4.78, 5) is 11.9. The molecule has 1 N–H and O–H groups in total. The number of para-hydroxylation sites is 1. The van der Waals surface area contributed by atoms with Gasteiger partial charge in [0.1, 0.15) is 0 Å². The van der Waals surface area contributed by atoms with Crippen LogP contribution < -0.4 is 14.9 Å². The molecule has 0 unspecified atom stereocenters. The molecule has 1 amide bonds. The van der Waals surface area contributed by atoms with Crippen molar-refractivity contribution in [2.45, 2.75) is 0 Å². The highest BCUT2D eigenvalue weighted by Crippen LogP contribution is 2.29. The lowest BCUT2D eigenvalue weighted by atomic mass is 10.2. The summed E-state index contributed by atoms with van der Waals surface area (Å²) in [6.07, 6.45) is 1.51. The van der Waals surface area contributed by atoms with E-state index in [0.717, 1.165) is 4.47 Å². The molecule has 0 heterocycles. The third-order valence-electron chi connectivity index (χ3n) is 2.91. The Kier molecular flexibility index (Phi) is 5.55. The molecule has 0 saturated heterocycles. The van der Waals surface area contributed by atoms with Crippen LogP contribution >= 0.6 is 15.9 Å². The van der Waals surface area contributed by atoms with Crippen molar-refractivity contribution >= 4 is 28.1 Å². The van der Waals surface area contributed by atoms with Crippen LogP contribution in [0.4, 0.5) is 0 Å². The molecular weight excluding hydrogens is 348 g/mol. The van der Waals surface area contributed by atoms with E-state index in [9.17, 15) is 4.79 Å². The molecule has 0 bridgehead atoms. The van der Waals surface area contributed by atoms with Crippen molar-refractivity contribution in [1.29, 1.82) is 0 Å². The Labute approximate surface area is 137 Å². The van der Waals surface area contributed by atoms with Gasteiger partial charge in [0.05, 0.1) is 20.4 Å². The molecule has 2 aromatic rings. The zero-order chi connectivity index (χ0) is 15.9. The van der Waals surface area contributed by atoms with Crippen LogP contribution in [0.2, 0.25) is 0 Å². The van der Waals surface area contributed by atoms with Crippen molar-refractivity contribution in [3.05, 3.63) is 58.1 Å². The second-order valence-corrected chi connectivity index (χ2v) is 5.20. The average Bonchev–Trinajstić information content (AvgIpc) is 2.55. The monoisotopic (exact) mass is 362 g/mol. The van der Waals surface area contributed by atoms with Gasteiger partial charge < -0.3 is 9.47 Å². The maximum atomic E-state index is 11.9. The zero-order valence-corrected chi connectivity index (χ0v) is 13.8. The molecule has 0 aliphatic rings. The van der Waals surface area contributed by atoms with Crippen molar-refractivity contribution in [2.24, 2.45) is 5.10 Å². The summed E-state index contributed by atoms with van der Waals surface area (Å²) in [5.74, 6) is 0.878. The topological polar surface area (TPSA) is 59.9 Å². The first kappa shape index (κ1) is 16.0. The number of hydrogen-bond donors (Lipinski definition) is 1. The summed E-state index contributed by atoms with van der Waals surface area (Å²) in [6, 6.07) is 12.4. The highest BCUT2D eigenvalue weighted by Gasteiger charge is 2.08. The minimum atomic E-state index is -0.286. The van der Waals surface area contributed by atoms with Crippen LogP contribution in [-0.2, 0) is 0 Å². The number of amides is 1. The van der Waals surface area contributed by atoms with E-state index in [-0.39, 0.29) is 5.91 Å². The molecule has 0 saturated carbocycles. The van der Waals surface area contributed by atoms with Gasteiger partial charge in [-0.2, -0.15) is 5.10 Å². The van der Waals surface area contributed by atoms with Gasteiger partial charge in [0.15, 0.2) is 11.5 Å². The van der Waals surface area contributed by atoms with E-state index >= 15 is 0 Å².